The van der Waals surface area contributed by atoms with E-state index >= 15 is 0 Å². The van der Waals surface area contributed by atoms with Crippen molar-refractivity contribution < 1.29 is 17.7 Å². The Hall–Kier alpha value is -2.51. The lowest BCUT2D eigenvalue weighted by atomic mass is 10.2. The average molecular weight is 335 g/mol. The fourth-order valence-electron chi connectivity index (χ4n) is 2.41. The molecule has 0 saturated carbocycles. The molecule has 2 heterocycles. The van der Waals surface area contributed by atoms with Gasteiger partial charge in [-0.3, -0.25) is 9.78 Å². The van der Waals surface area contributed by atoms with Crippen LogP contribution in [0.25, 0.3) is 11.0 Å². The lowest BCUT2D eigenvalue weighted by Gasteiger charge is -2.05. The molecule has 1 aromatic carbocycles. The molecule has 0 atom stereocenters. The Bertz CT molecular complexity index is 814. The molecule has 0 aliphatic heterocycles. The third-order valence-corrected chi connectivity index (χ3v) is 3.46. The normalized spacial score (nSPS) is 10.4. The minimum Gasteiger partial charge on any atom is -1.00 e. The summed E-state index contributed by atoms with van der Waals surface area (Å²) in [5.41, 5.74) is 7.91. The highest BCUT2D eigenvalue weighted by Crippen LogP contribution is 2.10. The molecule has 0 saturated heterocycles. The molecule has 23 heavy (non-hydrogen) atoms. The maximum absolute atomic E-state index is 11.9. The van der Waals surface area contributed by atoms with Gasteiger partial charge in [0.05, 0.1) is 18.5 Å². The number of nitrogens with zero attached hydrogens (tertiary/aromatic N) is 1. The zero-order chi connectivity index (χ0) is 15.4. The summed E-state index contributed by atoms with van der Waals surface area (Å²) in [4.78, 5) is 21.5. The van der Waals surface area contributed by atoms with Gasteiger partial charge in [0.1, 0.15) is 12.2 Å². The standard InChI is InChI=1S/C15H18N6O.ClH/c16-15-20-13-12(14(22)21-15)10(9-19-13)8-17-6-7-18-11-4-2-1-3-5-11;/h1-5,9,17-18H,6-8H2,(H4,16,19,20,21,22);1H. The number of fused-ring (bicyclic) bond motifs is 1. The quantitative estimate of drug-likeness (QED) is 0.309. The molecule has 0 bridgehead atoms. The van der Waals surface area contributed by atoms with E-state index in [1.807, 2.05) is 36.5 Å². The molecule has 0 spiro atoms. The third-order valence-electron chi connectivity index (χ3n) is 3.46. The number of hydrogen-bond donors (Lipinski definition) is 5. The summed E-state index contributed by atoms with van der Waals surface area (Å²) >= 11 is 0. The van der Waals surface area contributed by atoms with Crippen LogP contribution in [0.1, 0.15) is 5.56 Å². The fraction of sp³-hybridized carbons (Fsp3) is 0.200. The molecular formula is C15H19ClN6O. The number of quaternary nitrogens is 1. The van der Waals surface area contributed by atoms with Crippen molar-refractivity contribution in [1.82, 2.24) is 15.0 Å². The van der Waals surface area contributed by atoms with Gasteiger partial charge in [-0.25, -0.2) is 0 Å². The SMILES string of the molecule is Nc1nc2[nH]cc(C[NH2+]CCNc3ccccc3)c2c(=O)[nH]1.[Cl-]. The lowest BCUT2D eigenvalue weighted by Crippen LogP contribution is -3.00. The van der Waals surface area contributed by atoms with Crippen LogP contribution >= 0.6 is 0 Å². The molecule has 7 nitrogen and oxygen atoms in total. The Morgan fingerprint density at radius 2 is 2.04 bits per heavy atom. The summed E-state index contributed by atoms with van der Waals surface area (Å²) in [7, 11) is 0. The van der Waals surface area contributed by atoms with E-state index in [1.165, 1.54) is 0 Å². The smallest absolute Gasteiger partial charge is 0.262 e. The number of nitrogens with two attached hydrogens (primary N) is 2. The highest BCUT2D eigenvalue weighted by atomic mass is 35.5. The second-order valence-corrected chi connectivity index (χ2v) is 5.06. The van der Waals surface area contributed by atoms with Gasteiger partial charge in [0.25, 0.3) is 5.56 Å². The van der Waals surface area contributed by atoms with Crippen molar-refractivity contribution in [2.75, 3.05) is 24.1 Å². The number of H-pyrrole nitrogens is 2. The van der Waals surface area contributed by atoms with Gasteiger partial charge in [0, 0.05) is 17.4 Å². The molecular weight excluding hydrogens is 316 g/mol. The Morgan fingerprint density at radius 1 is 1.26 bits per heavy atom. The molecule has 8 heteroatoms. The summed E-state index contributed by atoms with van der Waals surface area (Å²) in [6.07, 6.45) is 1.81. The van der Waals surface area contributed by atoms with Gasteiger partial charge in [-0.15, -0.1) is 0 Å². The number of hydrogen-bond acceptors (Lipinski definition) is 4. The first-order chi connectivity index (χ1) is 10.7. The summed E-state index contributed by atoms with van der Waals surface area (Å²) in [6, 6.07) is 10.1. The minimum absolute atomic E-state index is 0. The zero-order valence-electron chi connectivity index (χ0n) is 12.5. The van der Waals surface area contributed by atoms with E-state index in [9.17, 15) is 4.79 Å². The molecule has 0 fully saturated rings. The van der Waals surface area contributed by atoms with Gasteiger partial charge in [-0.1, -0.05) is 18.2 Å². The van der Waals surface area contributed by atoms with Crippen molar-refractivity contribution >= 4 is 22.7 Å². The van der Waals surface area contributed by atoms with Crippen LogP contribution in [0.2, 0.25) is 0 Å². The molecule has 0 radical (unpaired) electrons. The van der Waals surface area contributed by atoms with E-state index in [0.717, 1.165) is 24.3 Å². The number of anilines is 2. The summed E-state index contributed by atoms with van der Waals surface area (Å²) in [6.45, 7) is 2.47. The topological polar surface area (TPSA) is 116 Å². The monoisotopic (exact) mass is 334 g/mol. The number of halogens is 1. The molecule has 2 aromatic heterocycles. The number of aromatic nitrogens is 3. The van der Waals surface area contributed by atoms with Crippen molar-refractivity contribution in [3.05, 3.63) is 52.4 Å². The average Bonchev–Trinajstić information content (AvgIpc) is 2.91. The van der Waals surface area contributed by atoms with Crippen LogP contribution in [0.15, 0.2) is 41.3 Å². The van der Waals surface area contributed by atoms with E-state index in [-0.39, 0.29) is 23.9 Å². The summed E-state index contributed by atoms with van der Waals surface area (Å²) in [5.74, 6) is 0.127. The molecule has 3 rings (SSSR count). The highest BCUT2D eigenvalue weighted by molar-refractivity contribution is 5.79. The first-order valence-corrected chi connectivity index (χ1v) is 7.20. The lowest BCUT2D eigenvalue weighted by molar-refractivity contribution is -0.667. The first kappa shape index (κ1) is 16.9. The Labute approximate surface area is 139 Å². The highest BCUT2D eigenvalue weighted by Gasteiger charge is 2.10. The van der Waals surface area contributed by atoms with Gasteiger partial charge in [-0.05, 0) is 12.1 Å². The fourth-order valence-corrected chi connectivity index (χ4v) is 2.41. The van der Waals surface area contributed by atoms with Gasteiger partial charge in [0.15, 0.2) is 0 Å². The van der Waals surface area contributed by atoms with E-state index < -0.39 is 0 Å². The van der Waals surface area contributed by atoms with Crippen LogP contribution in [0, 0.1) is 0 Å². The number of nitrogens with one attached hydrogen (secondary N) is 3. The van der Waals surface area contributed by atoms with Crippen molar-refractivity contribution in [2.45, 2.75) is 6.54 Å². The van der Waals surface area contributed by atoms with Crippen LogP contribution in [0.5, 0.6) is 0 Å². The van der Waals surface area contributed by atoms with Crippen LogP contribution in [-0.4, -0.2) is 28.0 Å². The van der Waals surface area contributed by atoms with Crippen LogP contribution in [-0.2, 0) is 6.54 Å². The van der Waals surface area contributed by atoms with Crippen molar-refractivity contribution in [3.63, 3.8) is 0 Å². The Balaban J connectivity index is 0.00000192. The third kappa shape index (κ3) is 4.02. The largest absolute Gasteiger partial charge is 1.00 e. The number of rotatable bonds is 6. The maximum atomic E-state index is 11.9. The molecule has 7 N–H and O–H groups in total. The summed E-state index contributed by atoms with van der Waals surface area (Å²) < 4.78 is 0. The number of aromatic amines is 2. The minimum atomic E-state index is -0.199. The molecule has 0 aliphatic carbocycles. The second kappa shape index (κ2) is 7.66. The van der Waals surface area contributed by atoms with Crippen molar-refractivity contribution in [2.24, 2.45) is 0 Å². The van der Waals surface area contributed by atoms with Gasteiger partial charge < -0.3 is 33.8 Å². The molecule has 0 amide bonds. The van der Waals surface area contributed by atoms with E-state index in [2.05, 4.69) is 25.6 Å². The Kier molecular flexibility index (Phi) is 5.61. The molecule has 3 aromatic rings. The maximum Gasteiger partial charge on any atom is 0.262 e. The van der Waals surface area contributed by atoms with Crippen LogP contribution in [0.4, 0.5) is 11.6 Å². The number of para-hydroxylation sites is 1. The molecule has 122 valence electrons. The molecule has 0 aliphatic rings. The predicted molar refractivity (Wildman–Crippen MR) is 86.6 cm³/mol. The predicted octanol–water partition coefficient (Wildman–Crippen LogP) is -2.99. The van der Waals surface area contributed by atoms with E-state index in [0.29, 0.717) is 17.6 Å². The van der Waals surface area contributed by atoms with Crippen molar-refractivity contribution in [1.29, 1.82) is 0 Å². The van der Waals surface area contributed by atoms with Crippen LogP contribution < -0.4 is 34.3 Å². The zero-order valence-corrected chi connectivity index (χ0v) is 13.2. The van der Waals surface area contributed by atoms with Gasteiger partial charge >= 0.3 is 0 Å². The Morgan fingerprint density at radius 3 is 2.83 bits per heavy atom. The van der Waals surface area contributed by atoms with Gasteiger partial charge in [0.2, 0.25) is 5.95 Å². The second-order valence-electron chi connectivity index (χ2n) is 5.06. The first-order valence-electron chi connectivity index (χ1n) is 7.20. The van der Waals surface area contributed by atoms with E-state index in [4.69, 9.17) is 5.73 Å². The number of benzene rings is 1. The number of nitrogen functional groups attached to an aromatic ring is 1. The van der Waals surface area contributed by atoms with Gasteiger partial charge in [-0.2, -0.15) is 4.98 Å². The van der Waals surface area contributed by atoms with E-state index in [1.54, 1.807) is 0 Å². The van der Waals surface area contributed by atoms with Crippen molar-refractivity contribution in [3.8, 4) is 0 Å². The molecule has 0 unspecified atom stereocenters. The summed E-state index contributed by atoms with van der Waals surface area (Å²) in [5, 5.41) is 6.08. The van der Waals surface area contributed by atoms with Crippen LogP contribution in [0.3, 0.4) is 0 Å².